The van der Waals surface area contributed by atoms with Gasteiger partial charge in [0.15, 0.2) is 6.61 Å². The van der Waals surface area contributed by atoms with Crippen LogP contribution in [0.3, 0.4) is 0 Å². The molecule has 0 fully saturated rings. The fourth-order valence-corrected chi connectivity index (χ4v) is 3.32. The van der Waals surface area contributed by atoms with E-state index in [9.17, 15) is 14.9 Å². The summed E-state index contributed by atoms with van der Waals surface area (Å²) in [5.41, 5.74) is 5.52. The molecule has 2 aromatic carbocycles. The molecule has 1 N–H and O–H groups in total. The zero-order chi connectivity index (χ0) is 22.5. The number of nitro groups is 1. The first-order valence-electron chi connectivity index (χ1n) is 9.28. The van der Waals surface area contributed by atoms with Gasteiger partial charge in [0.25, 0.3) is 11.6 Å². The Bertz CT molecular complexity index is 1140. The summed E-state index contributed by atoms with van der Waals surface area (Å²) in [6, 6.07) is 12.2. The third-order valence-electron chi connectivity index (χ3n) is 4.44. The molecular weight excluding hydrogens is 422 g/mol. The van der Waals surface area contributed by atoms with Crippen molar-refractivity contribution in [3.05, 3.63) is 80.1 Å². The molecule has 9 nitrogen and oxygen atoms in total. The van der Waals surface area contributed by atoms with Crippen molar-refractivity contribution >= 4 is 29.4 Å². The molecule has 3 aromatic rings. The number of hydrogen-bond donors (Lipinski definition) is 1. The number of aryl methyl sites for hydroxylation is 3. The van der Waals surface area contributed by atoms with Gasteiger partial charge in [0.05, 0.1) is 28.1 Å². The van der Waals surface area contributed by atoms with Crippen LogP contribution in [-0.4, -0.2) is 33.4 Å². The summed E-state index contributed by atoms with van der Waals surface area (Å²) in [6.07, 6.45) is 1.42. The highest BCUT2D eigenvalue weighted by Crippen LogP contribution is 2.28. The Balaban J connectivity index is 1.63. The molecule has 0 unspecified atom stereocenters. The zero-order valence-corrected chi connectivity index (χ0v) is 17.9. The molecule has 160 valence electrons. The molecule has 31 heavy (non-hydrogen) atoms. The van der Waals surface area contributed by atoms with E-state index in [0.717, 1.165) is 5.69 Å². The van der Waals surface area contributed by atoms with Crippen LogP contribution in [0.5, 0.6) is 5.75 Å². The first-order chi connectivity index (χ1) is 14.8. The van der Waals surface area contributed by atoms with Gasteiger partial charge >= 0.3 is 0 Å². The number of amides is 1. The van der Waals surface area contributed by atoms with Gasteiger partial charge in [-0.2, -0.15) is 10.2 Å². The van der Waals surface area contributed by atoms with E-state index in [2.05, 4.69) is 15.6 Å². The van der Waals surface area contributed by atoms with E-state index in [-0.39, 0.29) is 12.3 Å². The minimum atomic E-state index is -0.488. The summed E-state index contributed by atoms with van der Waals surface area (Å²) in [5, 5.41) is 19.6. The second-order valence-electron chi connectivity index (χ2n) is 6.78. The second kappa shape index (κ2) is 9.40. The van der Waals surface area contributed by atoms with Gasteiger partial charge in [0.1, 0.15) is 10.9 Å². The van der Waals surface area contributed by atoms with Crippen LogP contribution >= 0.6 is 11.6 Å². The summed E-state index contributed by atoms with van der Waals surface area (Å²) < 4.78 is 7.11. The van der Waals surface area contributed by atoms with Gasteiger partial charge in [-0.1, -0.05) is 29.8 Å². The van der Waals surface area contributed by atoms with Crippen molar-refractivity contribution in [2.24, 2.45) is 5.10 Å². The van der Waals surface area contributed by atoms with Gasteiger partial charge in [-0.25, -0.2) is 10.1 Å². The Morgan fingerprint density at radius 1 is 1.26 bits per heavy atom. The van der Waals surface area contributed by atoms with Crippen molar-refractivity contribution in [3.8, 4) is 11.4 Å². The average Bonchev–Trinajstić information content (AvgIpc) is 3.02. The molecule has 0 bridgehead atoms. The topological polar surface area (TPSA) is 112 Å². The molecule has 0 saturated heterocycles. The van der Waals surface area contributed by atoms with Crippen molar-refractivity contribution in [2.75, 3.05) is 6.61 Å². The SMILES string of the molecule is Cc1cc([N+](=O)[O-])cc(C)c1OCC(=O)N/N=C/c1c(C)nn(-c2ccccc2)c1Cl. The Labute approximate surface area is 183 Å². The molecule has 0 aliphatic rings. The Hall–Kier alpha value is -3.72. The van der Waals surface area contributed by atoms with Crippen LogP contribution in [0.15, 0.2) is 47.6 Å². The molecule has 10 heteroatoms. The van der Waals surface area contributed by atoms with E-state index in [1.165, 1.54) is 18.3 Å². The van der Waals surface area contributed by atoms with E-state index in [1.54, 1.807) is 25.5 Å². The number of hydrazone groups is 1. The van der Waals surface area contributed by atoms with Crippen LogP contribution in [0.2, 0.25) is 5.15 Å². The summed E-state index contributed by atoms with van der Waals surface area (Å²) in [4.78, 5) is 22.5. The maximum atomic E-state index is 12.1. The Kier molecular flexibility index (Phi) is 6.66. The number of halogens is 1. The number of para-hydroxylation sites is 1. The van der Waals surface area contributed by atoms with Gasteiger partial charge in [-0.05, 0) is 44.0 Å². The number of non-ortho nitro benzene ring substituents is 1. The number of nitrogens with one attached hydrogen (secondary N) is 1. The fourth-order valence-electron chi connectivity index (χ4n) is 3.00. The number of ether oxygens (including phenoxy) is 1. The number of hydrogen-bond acceptors (Lipinski definition) is 6. The van der Waals surface area contributed by atoms with E-state index in [0.29, 0.717) is 33.3 Å². The monoisotopic (exact) mass is 441 g/mol. The van der Waals surface area contributed by atoms with Gasteiger partial charge < -0.3 is 4.74 Å². The van der Waals surface area contributed by atoms with Gasteiger partial charge in [-0.15, -0.1) is 0 Å². The van der Waals surface area contributed by atoms with Crippen LogP contribution in [0, 0.1) is 30.9 Å². The highest BCUT2D eigenvalue weighted by Gasteiger charge is 2.15. The van der Waals surface area contributed by atoms with Crippen molar-refractivity contribution in [2.45, 2.75) is 20.8 Å². The van der Waals surface area contributed by atoms with Gasteiger partial charge in [0.2, 0.25) is 0 Å². The van der Waals surface area contributed by atoms with Crippen LogP contribution in [0.25, 0.3) is 5.69 Å². The van der Waals surface area contributed by atoms with Crippen LogP contribution in [0.4, 0.5) is 5.69 Å². The highest BCUT2D eigenvalue weighted by atomic mass is 35.5. The minimum absolute atomic E-state index is 0.0281. The number of rotatable bonds is 7. The van der Waals surface area contributed by atoms with Crippen LogP contribution in [0.1, 0.15) is 22.4 Å². The number of nitrogens with zero attached hydrogens (tertiary/aromatic N) is 4. The van der Waals surface area contributed by atoms with E-state index in [1.807, 2.05) is 30.3 Å². The van der Waals surface area contributed by atoms with E-state index in [4.69, 9.17) is 16.3 Å². The standard InChI is InChI=1S/C21H20ClN5O4/c1-13-9-17(27(29)30)10-14(2)20(13)31-12-19(28)24-23-11-18-15(3)25-26(21(18)22)16-7-5-4-6-8-16/h4-11H,12H2,1-3H3,(H,24,28)/b23-11+. The first-order valence-corrected chi connectivity index (χ1v) is 9.66. The van der Waals surface area contributed by atoms with Crippen molar-refractivity contribution in [1.29, 1.82) is 0 Å². The van der Waals surface area contributed by atoms with Gasteiger partial charge in [0, 0.05) is 12.1 Å². The second-order valence-corrected chi connectivity index (χ2v) is 7.14. The number of benzene rings is 2. The summed E-state index contributed by atoms with van der Waals surface area (Å²) in [5.74, 6) is -0.0645. The predicted octanol–water partition coefficient (Wildman–Crippen LogP) is 3.89. The summed E-state index contributed by atoms with van der Waals surface area (Å²) >= 11 is 6.41. The fraction of sp³-hybridized carbons (Fsp3) is 0.190. The van der Waals surface area contributed by atoms with E-state index < -0.39 is 10.8 Å². The molecule has 3 rings (SSSR count). The summed E-state index contributed by atoms with van der Waals surface area (Å²) in [7, 11) is 0. The largest absolute Gasteiger partial charge is 0.483 e. The van der Waals surface area contributed by atoms with Crippen LogP contribution in [-0.2, 0) is 4.79 Å². The lowest BCUT2D eigenvalue weighted by Gasteiger charge is -2.11. The van der Waals surface area contributed by atoms with Crippen molar-refractivity contribution < 1.29 is 14.5 Å². The lowest BCUT2D eigenvalue weighted by Crippen LogP contribution is -2.25. The molecule has 1 heterocycles. The molecule has 0 radical (unpaired) electrons. The van der Waals surface area contributed by atoms with Crippen molar-refractivity contribution in [1.82, 2.24) is 15.2 Å². The Morgan fingerprint density at radius 3 is 2.52 bits per heavy atom. The number of nitro benzene ring substituents is 1. The third kappa shape index (κ3) is 5.07. The molecular formula is C21H20ClN5O4. The molecule has 0 aliphatic heterocycles. The maximum absolute atomic E-state index is 12.1. The predicted molar refractivity (Wildman–Crippen MR) is 117 cm³/mol. The normalized spacial score (nSPS) is 11.0. The van der Waals surface area contributed by atoms with Crippen molar-refractivity contribution in [3.63, 3.8) is 0 Å². The molecule has 1 amide bonds. The number of aromatic nitrogens is 2. The molecule has 1 aromatic heterocycles. The smallest absolute Gasteiger partial charge is 0.277 e. The number of carbonyl (C=O) groups is 1. The first kappa shape index (κ1) is 22.0. The number of carbonyl (C=O) groups excluding carboxylic acids is 1. The molecule has 0 atom stereocenters. The lowest BCUT2D eigenvalue weighted by atomic mass is 10.1. The van der Waals surface area contributed by atoms with Crippen LogP contribution < -0.4 is 10.2 Å². The quantitative estimate of drug-likeness (QED) is 0.339. The third-order valence-corrected chi connectivity index (χ3v) is 4.80. The van der Waals surface area contributed by atoms with Gasteiger partial charge in [-0.3, -0.25) is 14.9 Å². The molecule has 0 saturated carbocycles. The van der Waals surface area contributed by atoms with E-state index >= 15 is 0 Å². The highest BCUT2D eigenvalue weighted by molar-refractivity contribution is 6.32. The molecule has 0 spiro atoms. The maximum Gasteiger partial charge on any atom is 0.277 e. The summed E-state index contributed by atoms with van der Waals surface area (Å²) in [6.45, 7) is 4.85. The lowest BCUT2D eigenvalue weighted by molar-refractivity contribution is -0.385. The average molecular weight is 442 g/mol. The minimum Gasteiger partial charge on any atom is -0.483 e. The molecule has 0 aliphatic carbocycles. The zero-order valence-electron chi connectivity index (χ0n) is 17.1. The Morgan fingerprint density at radius 2 is 1.90 bits per heavy atom.